The number of rotatable bonds is 3. The number of fused-ring (bicyclic) bond motifs is 1. The first kappa shape index (κ1) is 14.3. The molecule has 0 atom stereocenters. The number of primary amides is 1. The first-order valence-corrected chi connectivity index (χ1v) is 7.43. The van der Waals surface area contributed by atoms with E-state index in [9.17, 15) is 4.79 Å². The number of nitrogens with zero attached hydrogens (tertiary/aromatic N) is 3. The van der Waals surface area contributed by atoms with Crippen LogP contribution in [0.25, 0.3) is 21.5 Å². The maximum absolute atomic E-state index is 11.6. The van der Waals surface area contributed by atoms with Crippen LogP contribution in [-0.4, -0.2) is 30.0 Å². The van der Waals surface area contributed by atoms with Gasteiger partial charge in [-0.15, -0.1) is 11.3 Å². The average Bonchev–Trinajstić information content (AvgIpc) is 2.84. The van der Waals surface area contributed by atoms with Crippen molar-refractivity contribution in [3.63, 3.8) is 0 Å². The third-order valence-electron chi connectivity index (χ3n) is 3.25. The largest absolute Gasteiger partial charge is 0.397 e. The molecule has 1 amide bonds. The zero-order valence-corrected chi connectivity index (χ0v) is 13.0. The lowest BCUT2D eigenvalue weighted by molar-refractivity contribution is 0.100. The van der Waals surface area contributed by atoms with E-state index in [4.69, 9.17) is 11.5 Å². The van der Waals surface area contributed by atoms with E-state index < -0.39 is 5.91 Å². The number of anilines is 2. The number of carbonyl (C=O) groups excluding carboxylic acids is 1. The molecule has 0 fully saturated rings. The number of thiophene rings is 1. The Hall–Kier alpha value is -2.67. The molecule has 3 aromatic rings. The number of nitrogen functional groups attached to an aromatic ring is 1. The van der Waals surface area contributed by atoms with E-state index >= 15 is 0 Å². The van der Waals surface area contributed by atoms with E-state index in [0.717, 1.165) is 5.56 Å². The topological polar surface area (TPSA) is 98.1 Å². The van der Waals surface area contributed by atoms with Crippen LogP contribution >= 0.6 is 11.3 Å². The Morgan fingerprint density at radius 2 is 1.86 bits per heavy atom. The van der Waals surface area contributed by atoms with Gasteiger partial charge in [0.2, 0.25) is 5.95 Å². The van der Waals surface area contributed by atoms with Crippen LogP contribution in [0.15, 0.2) is 30.3 Å². The Labute approximate surface area is 131 Å². The van der Waals surface area contributed by atoms with Crippen LogP contribution in [0.1, 0.15) is 9.67 Å². The number of hydrogen-bond donors (Lipinski definition) is 2. The van der Waals surface area contributed by atoms with Crippen LogP contribution in [0.5, 0.6) is 0 Å². The number of carbonyl (C=O) groups is 1. The van der Waals surface area contributed by atoms with Gasteiger partial charge in [0.05, 0.1) is 16.8 Å². The molecule has 2 aromatic heterocycles. The highest BCUT2D eigenvalue weighted by atomic mass is 32.1. The van der Waals surface area contributed by atoms with Gasteiger partial charge < -0.3 is 16.4 Å². The zero-order chi connectivity index (χ0) is 15.9. The number of amides is 1. The first-order chi connectivity index (χ1) is 10.5. The lowest BCUT2D eigenvalue weighted by Gasteiger charge is -2.12. The molecule has 0 spiro atoms. The predicted molar refractivity (Wildman–Crippen MR) is 90.1 cm³/mol. The van der Waals surface area contributed by atoms with E-state index in [2.05, 4.69) is 9.97 Å². The summed E-state index contributed by atoms with van der Waals surface area (Å²) < 4.78 is 0. The predicted octanol–water partition coefficient (Wildman–Crippen LogP) is 2.11. The van der Waals surface area contributed by atoms with E-state index in [0.29, 0.717) is 32.4 Å². The summed E-state index contributed by atoms with van der Waals surface area (Å²) in [6, 6.07) is 9.68. The molecular formula is C15H15N5OS. The van der Waals surface area contributed by atoms with Crippen molar-refractivity contribution in [2.75, 3.05) is 24.7 Å². The van der Waals surface area contributed by atoms with E-state index in [-0.39, 0.29) is 0 Å². The summed E-state index contributed by atoms with van der Waals surface area (Å²) in [7, 11) is 3.73. The van der Waals surface area contributed by atoms with Gasteiger partial charge in [0.1, 0.15) is 9.71 Å². The Balaban J connectivity index is 2.39. The summed E-state index contributed by atoms with van der Waals surface area (Å²) in [6.45, 7) is 0. The highest BCUT2D eigenvalue weighted by Gasteiger charge is 2.21. The molecule has 0 bridgehead atoms. The van der Waals surface area contributed by atoms with Gasteiger partial charge in [0, 0.05) is 19.7 Å². The average molecular weight is 313 g/mol. The molecule has 6 nitrogen and oxygen atoms in total. The summed E-state index contributed by atoms with van der Waals surface area (Å²) in [5.41, 5.74) is 13.5. The number of aromatic nitrogens is 2. The molecule has 0 radical (unpaired) electrons. The standard InChI is InChI=1S/C15H15N5OS/c1-20(2)15-18-11(8-6-4-3-5-7-8)9-10(16)12(13(17)21)22-14(9)19-15/h3-7H,16H2,1-2H3,(H2,17,21). The maximum atomic E-state index is 11.6. The van der Waals surface area contributed by atoms with Gasteiger partial charge in [-0.25, -0.2) is 9.97 Å². The molecule has 3 rings (SSSR count). The molecule has 2 heterocycles. The van der Waals surface area contributed by atoms with Crippen molar-refractivity contribution >= 4 is 39.1 Å². The molecular weight excluding hydrogens is 298 g/mol. The Morgan fingerprint density at radius 1 is 1.18 bits per heavy atom. The van der Waals surface area contributed by atoms with E-state index in [1.54, 1.807) is 0 Å². The SMILES string of the molecule is CN(C)c1nc(-c2ccccc2)c2c(N)c(C(N)=O)sc2n1. The van der Waals surface area contributed by atoms with Gasteiger partial charge in [-0.05, 0) is 0 Å². The van der Waals surface area contributed by atoms with Crippen molar-refractivity contribution in [3.05, 3.63) is 35.2 Å². The maximum Gasteiger partial charge on any atom is 0.260 e. The van der Waals surface area contributed by atoms with Crippen LogP contribution in [0.2, 0.25) is 0 Å². The van der Waals surface area contributed by atoms with E-state index in [1.165, 1.54) is 11.3 Å². The minimum Gasteiger partial charge on any atom is -0.397 e. The van der Waals surface area contributed by atoms with Crippen molar-refractivity contribution in [2.24, 2.45) is 5.73 Å². The fourth-order valence-corrected chi connectivity index (χ4v) is 3.14. The van der Waals surface area contributed by atoms with Gasteiger partial charge in [0.15, 0.2) is 0 Å². The third kappa shape index (κ3) is 2.25. The van der Waals surface area contributed by atoms with Crippen molar-refractivity contribution in [2.45, 2.75) is 0 Å². The zero-order valence-electron chi connectivity index (χ0n) is 12.2. The summed E-state index contributed by atoms with van der Waals surface area (Å²) in [6.07, 6.45) is 0. The lowest BCUT2D eigenvalue weighted by Crippen LogP contribution is -2.13. The summed E-state index contributed by atoms with van der Waals surface area (Å²) in [5.74, 6) is 0.00883. The minimum absolute atomic E-state index is 0.317. The second kappa shape index (κ2) is 5.27. The first-order valence-electron chi connectivity index (χ1n) is 6.61. The molecule has 1 aromatic carbocycles. The molecule has 0 saturated carbocycles. The van der Waals surface area contributed by atoms with Crippen LogP contribution in [-0.2, 0) is 0 Å². The van der Waals surface area contributed by atoms with Gasteiger partial charge in [-0.1, -0.05) is 30.3 Å². The molecule has 0 aliphatic heterocycles. The number of nitrogens with two attached hydrogens (primary N) is 2. The minimum atomic E-state index is -0.550. The highest BCUT2D eigenvalue weighted by Crippen LogP contribution is 2.38. The molecule has 112 valence electrons. The Morgan fingerprint density at radius 3 is 2.45 bits per heavy atom. The molecule has 4 N–H and O–H groups in total. The highest BCUT2D eigenvalue weighted by molar-refractivity contribution is 7.21. The molecule has 0 aliphatic carbocycles. The molecule has 7 heteroatoms. The Bertz CT molecular complexity index is 857. The van der Waals surface area contributed by atoms with Crippen LogP contribution in [0, 0.1) is 0 Å². The molecule has 0 aliphatic rings. The van der Waals surface area contributed by atoms with Crippen LogP contribution in [0.3, 0.4) is 0 Å². The molecule has 22 heavy (non-hydrogen) atoms. The second-order valence-electron chi connectivity index (χ2n) is 5.02. The van der Waals surface area contributed by atoms with Crippen molar-refractivity contribution in [1.82, 2.24) is 9.97 Å². The monoisotopic (exact) mass is 313 g/mol. The lowest BCUT2D eigenvalue weighted by atomic mass is 10.1. The van der Waals surface area contributed by atoms with Crippen LogP contribution in [0.4, 0.5) is 11.6 Å². The van der Waals surface area contributed by atoms with Gasteiger partial charge in [0.25, 0.3) is 5.91 Å². The van der Waals surface area contributed by atoms with Crippen molar-refractivity contribution < 1.29 is 4.79 Å². The Kier molecular flexibility index (Phi) is 3.42. The quantitative estimate of drug-likeness (QED) is 0.771. The van der Waals surface area contributed by atoms with Gasteiger partial charge >= 0.3 is 0 Å². The fourth-order valence-electron chi connectivity index (χ4n) is 2.20. The van der Waals surface area contributed by atoms with Gasteiger partial charge in [-0.3, -0.25) is 4.79 Å². The third-order valence-corrected chi connectivity index (χ3v) is 4.36. The van der Waals surface area contributed by atoms with Crippen molar-refractivity contribution in [3.8, 4) is 11.3 Å². The second-order valence-corrected chi connectivity index (χ2v) is 6.02. The summed E-state index contributed by atoms with van der Waals surface area (Å²) in [5, 5.41) is 0.676. The summed E-state index contributed by atoms with van der Waals surface area (Å²) in [4.78, 5) is 23.4. The fraction of sp³-hybridized carbons (Fsp3) is 0.133. The summed E-state index contributed by atoms with van der Waals surface area (Å²) >= 11 is 1.20. The molecule has 0 unspecified atom stereocenters. The van der Waals surface area contributed by atoms with E-state index in [1.807, 2.05) is 49.3 Å². The van der Waals surface area contributed by atoms with Crippen LogP contribution < -0.4 is 16.4 Å². The number of benzene rings is 1. The normalized spacial score (nSPS) is 10.8. The van der Waals surface area contributed by atoms with Crippen molar-refractivity contribution in [1.29, 1.82) is 0 Å². The smallest absolute Gasteiger partial charge is 0.260 e. The number of hydrogen-bond acceptors (Lipinski definition) is 6. The van der Waals surface area contributed by atoms with Gasteiger partial charge in [-0.2, -0.15) is 0 Å². The molecule has 0 saturated heterocycles.